The molecule has 0 saturated carbocycles. The van der Waals surface area contributed by atoms with Crippen LogP contribution in [0.2, 0.25) is 0 Å². The summed E-state index contributed by atoms with van der Waals surface area (Å²) >= 11 is 0. The van der Waals surface area contributed by atoms with Gasteiger partial charge in [-0.15, -0.1) is 6.58 Å². The van der Waals surface area contributed by atoms with Crippen LogP contribution >= 0.6 is 0 Å². The molecule has 0 aliphatic rings. The van der Waals surface area contributed by atoms with Crippen LogP contribution in [-0.2, 0) is 0 Å². The number of allylic oxidation sites excluding steroid dienone is 3. The van der Waals surface area contributed by atoms with Gasteiger partial charge in [0, 0.05) is 0 Å². The molecule has 0 aromatic rings. The quantitative estimate of drug-likeness (QED) is 0.474. The highest BCUT2D eigenvalue weighted by molar-refractivity contribution is 4.99. The van der Waals surface area contributed by atoms with Gasteiger partial charge in [0.2, 0.25) is 0 Å². The van der Waals surface area contributed by atoms with E-state index in [0.717, 1.165) is 6.42 Å². The van der Waals surface area contributed by atoms with Gasteiger partial charge in [-0.1, -0.05) is 30.9 Å². The van der Waals surface area contributed by atoms with Crippen molar-refractivity contribution in [3.8, 4) is 0 Å². The summed E-state index contributed by atoms with van der Waals surface area (Å²) in [6.07, 6.45) is 8.70. The maximum absolute atomic E-state index is 9.44. The van der Waals surface area contributed by atoms with E-state index < -0.39 is 5.60 Å². The molecule has 0 heterocycles. The Morgan fingerprint density at radius 1 is 1.45 bits per heavy atom. The molecule has 1 atom stereocenters. The molecule has 0 bridgehead atoms. The molecule has 0 radical (unpaired) electrons. The summed E-state index contributed by atoms with van der Waals surface area (Å²) < 4.78 is 0. The van der Waals surface area contributed by atoms with E-state index in [0.29, 0.717) is 6.42 Å². The molecule has 0 spiro atoms. The zero-order chi connectivity index (χ0) is 8.74. The third kappa shape index (κ3) is 5.62. The van der Waals surface area contributed by atoms with Crippen LogP contribution in [0.4, 0.5) is 0 Å². The summed E-state index contributed by atoms with van der Waals surface area (Å²) in [5.74, 6) is 0. The summed E-state index contributed by atoms with van der Waals surface area (Å²) in [6, 6.07) is 0. The highest BCUT2D eigenvalue weighted by Gasteiger charge is 2.12. The highest BCUT2D eigenvalue weighted by atomic mass is 16.3. The fourth-order valence-electron chi connectivity index (χ4n) is 0.670. The Bertz CT molecular complexity index is 154. The first kappa shape index (κ1) is 10.2. The van der Waals surface area contributed by atoms with Gasteiger partial charge in [0.25, 0.3) is 0 Å². The van der Waals surface area contributed by atoms with Gasteiger partial charge >= 0.3 is 0 Å². The lowest BCUT2D eigenvalue weighted by atomic mass is 10.0. The van der Waals surface area contributed by atoms with E-state index in [4.69, 9.17) is 0 Å². The zero-order valence-electron chi connectivity index (χ0n) is 7.09. The van der Waals surface area contributed by atoms with Crippen molar-refractivity contribution in [1.29, 1.82) is 0 Å². The largest absolute Gasteiger partial charge is 0.386 e. The standard InChI is InChI=1S/C10H16O/c1-4-6-7-8-9-10(3,11)5-2/h4-7,11H,1-2,8-9H2,3H3. The number of aliphatic hydroxyl groups is 1. The second-order valence-corrected chi connectivity index (χ2v) is 2.76. The van der Waals surface area contributed by atoms with E-state index in [1.54, 1.807) is 19.1 Å². The molecule has 0 fully saturated rings. The van der Waals surface area contributed by atoms with E-state index in [1.807, 2.05) is 12.2 Å². The van der Waals surface area contributed by atoms with Crippen LogP contribution in [0.15, 0.2) is 37.5 Å². The van der Waals surface area contributed by atoms with Crippen molar-refractivity contribution in [2.75, 3.05) is 0 Å². The predicted molar refractivity (Wildman–Crippen MR) is 49.4 cm³/mol. The van der Waals surface area contributed by atoms with Gasteiger partial charge < -0.3 is 5.11 Å². The lowest BCUT2D eigenvalue weighted by molar-refractivity contribution is 0.103. The molecule has 0 amide bonds. The molecule has 11 heavy (non-hydrogen) atoms. The summed E-state index contributed by atoms with van der Waals surface area (Å²) in [5, 5.41) is 9.44. The van der Waals surface area contributed by atoms with Crippen LogP contribution in [0.5, 0.6) is 0 Å². The average Bonchev–Trinajstić information content (AvgIpc) is 1.99. The molecular formula is C10H16O. The SMILES string of the molecule is C=CC=CCCC(C)(O)C=C. The van der Waals surface area contributed by atoms with Gasteiger partial charge in [-0.3, -0.25) is 0 Å². The van der Waals surface area contributed by atoms with Crippen molar-refractivity contribution >= 4 is 0 Å². The molecule has 1 nitrogen and oxygen atoms in total. The Hall–Kier alpha value is -0.820. The molecule has 0 rings (SSSR count). The smallest absolute Gasteiger partial charge is 0.0800 e. The number of rotatable bonds is 5. The van der Waals surface area contributed by atoms with E-state index in [2.05, 4.69) is 13.2 Å². The lowest BCUT2D eigenvalue weighted by Gasteiger charge is -2.16. The molecule has 1 heteroatoms. The topological polar surface area (TPSA) is 20.2 Å². The normalized spacial score (nSPS) is 16.2. The molecular weight excluding hydrogens is 136 g/mol. The van der Waals surface area contributed by atoms with Gasteiger partial charge in [-0.05, 0) is 19.8 Å². The van der Waals surface area contributed by atoms with Crippen LogP contribution in [0.3, 0.4) is 0 Å². The second-order valence-electron chi connectivity index (χ2n) is 2.76. The average molecular weight is 152 g/mol. The Morgan fingerprint density at radius 3 is 2.55 bits per heavy atom. The first-order valence-corrected chi connectivity index (χ1v) is 3.76. The van der Waals surface area contributed by atoms with E-state index >= 15 is 0 Å². The van der Waals surface area contributed by atoms with Crippen molar-refractivity contribution in [3.63, 3.8) is 0 Å². The van der Waals surface area contributed by atoms with Gasteiger partial charge in [0.1, 0.15) is 0 Å². The van der Waals surface area contributed by atoms with Gasteiger partial charge in [0.15, 0.2) is 0 Å². The van der Waals surface area contributed by atoms with Gasteiger partial charge in [-0.25, -0.2) is 0 Å². The Balaban J connectivity index is 3.61. The summed E-state index contributed by atoms with van der Waals surface area (Å²) in [4.78, 5) is 0. The Labute approximate surface area is 68.7 Å². The monoisotopic (exact) mass is 152 g/mol. The highest BCUT2D eigenvalue weighted by Crippen LogP contribution is 2.12. The molecule has 62 valence electrons. The van der Waals surface area contributed by atoms with E-state index in [-0.39, 0.29) is 0 Å². The molecule has 0 aliphatic carbocycles. The molecule has 1 N–H and O–H groups in total. The van der Waals surface area contributed by atoms with Crippen LogP contribution in [0, 0.1) is 0 Å². The molecule has 0 aromatic carbocycles. The maximum Gasteiger partial charge on any atom is 0.0800 e. The van der Waals surface area contributed by atoms with E-state index in [1.165, 1.54) is 0 Å². The first-order valence-electron chi connectivity index (χ1n) is 3.76. The number of hydrogen-bond acceptors (Lipinski definition) is 1. The second kappa shape index (κ2) is 4.91. The lowest BCUT2D eigenvalue weighted by Crippen LogP contribution is -2.19. The van der Waals surface area contributed by atoms with Crippen LogP contribution in [0.1, 0.15) is 19.8 Å². The van der Waals surface area contributed by atoms with Crippen molar-refractivity contribution < 1.29 is 5.11 Å². The van der Waals surface area contributed by atoms with Gasteiger partial charge in [-0.2, -0.15) is 0 Å². The third-order valence-corrected chi connectivity index (χ3v) is 1.53. The summed E-state index contributed by atoms with van der Waals surface area (Å²) in [7, 11) is 0. The van der Waals surface area contributed by atoms with Crippen LogP contribution in [0.25, 0.3) is 0 Å². The minimum atomic E-state index is -0.731. The minimum Gasteiger partial charge on any atom is -0.386 e. The summed E-state index contributed by atoms with van der Waals surface area (Å²) in [5.41, 5.74) is -0.731. The van der Waals surface area contributed by atoms with Crippen molar-refractivity contribution in [3.05, 3.63) is 37.5 Å². The Morgan fingerprint density at radius 2 is 2.09 bits per heavy atom. The molecule has 1 unspecified atom stereocenters. The predicted octanol–water partition coefficient (Wildman–Crippen LogP) is 2.45. The first-order chi connectivity index (χ1) is 5.12. The fourth-order valence-corrected chi connectivity index (χ4v) is 0.670. The third-order valence-electron chi connectivity index (χ3n) is 1.53. The molecule has 0 saturated heterocycles. The summed E-state index contributed by atoms with van der Waals surface area (Å²) in [6.45, 7) is 8.83. The van der Waals surface area contributed by atoms with Gasteiger partial charge in [0.05, 0.1) is 5.60 Å². The van der Waals surface area contributed by atoms with Crippen molar-refractivity contribution in [2.24, 2.45) is 0 Å². The Kier molecular flexibility index (Phi) is 4.55. The minimum absolute atomic E-state index is 0.709. The van der Waals surface area contributed by atoms with E-state index in [9.17, 15) is 5.11 Å². The maximum atomic E-state index is 9.44. The van der Waals surface area contributed by atoms with Crippen LogP contribution < -0.4 is 0 Å². The van der Waals surface area contributed by atoms with Crippen molar-refractivity contribution in [1.82, 2.24) is 0 Å². The zero-order valence-corrected chi connectivity index (χ0v) is 7.09. The van der Waals surface area contributed by atoms with Crippen LogP contribution in [-0.4, -0.2) is 10.7 Å². The number of hydrogen-bond donors (Lipinski definition) is 1. The fraction of sp³-hybridized carbons (Fsp3) is 0.400. The molecule has 0 aromatic heterocycles. The molecule has 0 aliphatic heterocycles. The van der Waals surface area contributed by atoms with Crippen molar-refractivity contribution in [2.45, 2.75) is 25.4 Å².